The maximum absolute atomic E-state index is 13.9. The minimum atomic E-state index is -0.634. The van der Waals surface area contributed by atoms with Crippen LogP contribution >= 0.6 is 11.6 Å². The molecule has 1 aliphatic rings. The molecule has 0 saturated heterocycles. The van der Waals surface area contributed by atoms with Gasteiger partial charge in [0.15, 0.2) is 0 Å². The van der Waals surface area contributed by atoms with Gasteiger partial charge in [-0.2, -0.15) is 0 Å². The zero-order valence-electron chi connectivity index (χ0n) is 20.3. The van der Waals surface area contributed by atoms with Crippen LogP contribution in [0.15, 0.2) is 78.9 Å². The first-order valence-electron chi connectivity index (χ1n) is 12.4. The summed E-state index contributed by atoms with van der Waals surface area (Å²) in [6.45, 7) is 2.29. The van der Waals surface area contributed by atoms with Gasteiger partial charge >= 0.3 is 0 Å². The Bertz CT molecular complexity index is 1140. The van der Waals surface area contributed by atoms with Crippen LogP contribution in [0.25, 0.3) is 0 Å². The number of nitrogens with one attached hydrogen (secondary N) is 1. The summed E-state index contributed by atoms with van der Waals surface area (Å²) in [5.41, 5.74) is 3.89. The molecule has 1 saturated carbocycles. The predicted octanol–water partition coefficient (Wildman–Crippen LogP) is 5.89. The van der Waals surface area contributed by atoms with Gasteiger partial charge < -0.3 is 10.2 Å². The van der Waals surface area contributed by atoms with Crippen molar-refractivity contribution in [3.05, 3.63) is 106 Å². The molecule has 0 heterocycles. The van der Waals surface area contributed by atoms with E-state index in [-0.39, 0.29) is 30.8 Å². The van der Waals surface area contributed by atoms with E-state index in [1.165, 1.54) is 0 Å². The van der Waals surface area contributed by atoms with Gasteiger partial charge in [-0.15, -0.1) is 0 Å². The third-order valence-electron chi connectivity index (χ3n) is 6.87. The second-order valence-corrected chi connectivity index (χ2v) is 9.82. The summed E-state index contributed by atoms with van der Waals surface area (Å²) in [5, 5.41) is 3.84. The minimum absolute atomic E-state index is 0.0817. The number of rotatable bonds is 9. The summed E-state index contributed by atoms with van der Waals surface area (Å²) in [7, 11) is 0. The lowest BCUT2D eigenvalue weighted by atomic mass is 10.00. The van der Waals surface area contributed by atoms with Crippen molar-refractivity contribution in [3.8, 4) is 0 Å². The average molecular weight is 489 g/mol. The summed E-state index contributed by atoms with van der Waals surface area (Å²) >= 11 is 6.50. The van der Waals surface area contributed by atoms with Crippen molar-refractivity contribution >= 4 is 23.4 Å². The van der Waals surface area contributed by atoms with Gasteiger partial charge in [-0.1, -0.05) is 97.2 Å². The summed E-state index contributed by atoms with van der Waals surface area (Å²) in [6.07, 6.45) is 4.92. The normalized spacial score (nSPS) is 14.5. The SMILES string of the molecule is Cc1ccccc1CC(=O)N(Cc1ccccc1Cl)[C@H](Cc1ccccc1)C(=O)NC1CCCC1. The molecule has 1 N–H and O–H groups in total. The largest absolute Gasteiger partial charge is 0.352 e. The van der Waals surface area contributed by atoms with Crippen LogP contribution in [0.5, 0.6) is 0 Å². The number of carbonyl (C=O) groups excluding carboxylic acids is 2. The van der Waals surface area contributed by atoms with Crippen molar-refractivity contribution in [1.82, 2.24) is 10.2 Å². The van der Waals surface area contributed by atoms with Crippen LogP contribution in [0.1, 0.15) is 47.9 Å². The van der Waals surface area contributed by atoms with E-state index in [2.05, 4.69) is 5.32 Å². The molecule has 5 heteroatoms. The van der Waals surface area contributed by atoms with Gasteiger partial charge in [-0.05, 0) is 48.1 Å². The lowest BCUT2D eigenvalue weighted by molar-refractivity contribution is -0.141. The van der Waals surface area contributed by atoms with Crippen LogP contribution in [0.3, 0.4) is 0 Å². The number of benzene rings is 3. The van der Waals surface area contributed by atoms with Crippen molar-refractivity contribution in [1.29, 1.82) is 0 Å². The van der Waals surface area contributed by atoms with E-state index in [0.717, 1.165) is 47.9 Å². The monoisotopic (exact) mass is 488 g/mol. The highest BCUT2D eigenvalue weighted by molar-refractivity contribution is 6.31. The molecule has 0 aliphatic heterocycles. The molecular formula is C30H33ClN2O2. The highest BCUT2D eigenvalue weighted by Gasteiger charge is 2.32. The van der Waals surface area contributed by atoms with Crippen LogP contribution in [0.4, 0.5) is 0 Å². The standard InChI is InChI=1S/C30H33ClN2O2/c1-22-11-5-6-14-24(22)20-29(34)33(21-25-15-7-10-18-27(25)31)28(19-23-12-3-2-4-13-23)30(35)32-26-16-8-9-17-26/h2-7,10-15,18,26,28H,8-9,16-17,19-21H2,1H3,(H,32,35)/t28-/m1/s1. The van der Waals surface area contributed by atoms with Gasteiger partial charge in [0.05, 0.1) is 6.42 Å². The van der Waals surface area contributed by atoms with E-state index in [9.17, 15) is 9.59 Å². The van der Waals surface area contributed by atoms with Gasteiger partial charge in [-0.3, -0.25) is 9.59 Å². The predicted molar refractivity (Wildman–Crippen MR) is 141 cm³/mol. The fourth-order valence-electron chi connectivity index (χ4n) is 4.80. The van der Waals surface area contributed by atoms with Crippen molar-refractivity contribution in [3.63, 3.8) is 0 Å². The molecule has 182 valence electrons. The van der Waals surface area contributed by atoms with E-state index in [1.807, 2.05) is 85.8 Å². The summed E-state index contributed by atoms with van der Waals surface area (Å²) < 4.78 is 0. The highest BCUT2D eigenvalue weighted by atomic mass is 35.5. The maximum Gasteiger partial charge on any atom is 0.243 e. The molecule has 35 heavy (non-hydrogen) atoms. The first-order chi connectivity index (χ1) is 17.0. The summed E-state index contributed by atoms with van der Waals surface area (Å²) in [5.74, 6) is -0.173. The molecular weight excluding hydrogens is 456 g/mol. The molecule has 4 nitrogen and oxygen atoms in total. The molecule has 0 bridgehead atoms. The van der Waals surface area contributed by atoms with Gasteiger partial charge in [0, 0.05) is 24.0 Å². The topological polar surface area (TPSA) is 49.4 Å². The summed E-state index contributed by atoms with van der Waals surface area (Å²) in [4.78, 5) is 29.3. The molecule has 0 radical (unpaired) electrons. The van der Waals surface area contributed by atoms with E-state index in [0.29, 0.717) is 11.4 Å². The zero-order valence-corrected chi connectivity index (χ0v) is 21.0. The van der Waals surface area contributed by atoms with Crippen LogP contribution in [-0.2, 0) is 29.0 Å². The summed E-state index contributed by atoms with van der Waals surface area (Å²) in [6, 6.07) is 24.9. The van der Waals surface area contributed by atoms with Crippen molar-refractivity contribution in [2.45, 2.75) is 64.1 Å². The number of hydrogen-bond acceptors (Lipinski definition) is 2. The average Bonchev–Trinajstić information content (AvgIpc) is 3.37. The Morgan fingerprint density at radius 1 is 0.914 bits per heavy atom. The van der Waals surface area contributed by atoms with Crippen molar-refractivity contribution in [2.75, 3.05) is 0 Å². The second kappa shape index (κ2) is 12.0. The Morgan fingerprint density at radius 2 is 1.54 bits per heavy atom. The molecule has 1 fully saturated rings. The van der Waals surface area contributed by atoms with E-state index >= 15 is 0 Å². The Kier molecular flexibility index (Phi) is 8.59. The molecule has 0 aromatic heterocycles. The second-order valence-electron chi connectivity index (χ2n) is 9.41. The zero-order chi connectivity index (χ0) is 24.6. The number of carbonyl (C=O) groups is 2. The molecule has 1 atom stereocenters. The first-order valence-corrected chi connectivity index (χ1v) is 12.8. The molecule has 0 spiro atoms. The lowest BCUT2D eigenvalue weighted by Gasteiger charge is -2.33. The van der Waals surface area contributed by atoms with E-state index in [4.69, 9.17) is 11.6 Å². The Labute approximate surface area is 213 Å². The number of nitrogens with zero attached hydrogens (tertiary/aromatic N) is 1. The molecule has 4 rings (SSSR count). The van der Waals surface area contributed by atoms with Crippen molar-refractivity contribution < 1.29 is 9.59 Å². The molecule has 1 aliphatic carbocycles. The third kappa shape index (κ3) is 6.73. The highest BCUT2D eigenvalue weighted by Crippen LogP contribution is 2.23. The third-order valence-corrected chi connectivity index (χ3v) is 7.24. The quantitative estimate of drug-likeness (QED) is 0.408. The molecule has 2 amide bonds. The fourth-order valence-corrected chi connectivity index (χ4v) is 5.00. The number of hydrogen-bond donors (Lipinski definition) is 1. The Hall–Kier alpha value is -3.11. The molecule has 0 unspecified atom stereocenters. The number of halogens is 1. The van der Waals surface area contributed by atoms with Crippen LogP contribution in [0, 0.1) is 6.92 Å². The number of amides is 2. The van der Waals surface area contributed by atoms with Gasteiger partial charge in [0.2, 0.25) is 11.8 Å². The fraction of sp³-hybridized carbons (Fsp3) is 0.333. The van der Waals surface area contributed by atoms with Gasteiger partial charge in [0.25, 0.3) is 0 Å². The first kappa shape index (κ1) is 25.0. The Morgan fingerprint density at radius 3 is 2.23 bits per heavy atom. The lowest BCUT2D eigenvalue weighted by Crippen LogP contribution is -2.52. The minimum Gasteiger partial charge on any atom is -0.352 e. The van der Waals surface area contributed by atoms with Crippen LogP contribution < -0.4 is 5.32 Å². The molecule has 3 aromatic carbocycles. The number of aryl methyl sites for hydroxylation is 1. The van der Waals surface area contributed by atoms with Gasteiger partial charge in [-0.25, -0.2) is 0 Å². The van der Waals surface area contributed by atoms with Gasteiger partial charge in [0.1, 0.15) is 6.04 Å². The molecule has 3 aromatic rings. The van der Waals surface area contributed by atoms with E-state index < -0.39 is 6.04 Å². The van der Waals surface area contributed by atoms with Crippen LogP contribution in [-0.4, -0.2) is 28.8 Å². The van der Waals surface area contributed by atoms with Crippen LogP contribution in [0.2, 0.25) is 5.02 Å². The van der Waals surface area contributed by atoms with E-state index in [1.54, 1.807) is 4.90 Å². The maximum atomic E-state index is 13.9. The Balaban J connectivity index is 1.68. The van der Waals surface area contributed by atoms with Crippen molar-refractivity contribution in [2.24, 2.45) is 0 Å². The smallest absolute Gasteiger partial charge is 0.243 e.